The van der Waals surface area contributed by atoms with Crippen molar-refractivity contribution < 1.29 is 5.11 Å². The van der Waals surface area contributed by atoms with Crippen LogP contribution in [0.3, 0.4) is 0 Å². The zero-order valence-corrected chi connectivity index (χ0v) is 10.9. The predicted molar refractivity (Wildman–Crippen MR) is 68.5 cm³/mol. The van der Waals surface area contributed by atoms with E-state index < -0.39 is 0 Å². The van der Waals surface area contributed by atoms with Crippen LogP contribution in [-0.2, 0) is 13.1 Å². The zero-order valence-electron chi connectivity index (χ0n) is 8.48. The fourth-order valence-electron chi connectivity index (χ4n) is 1.36. The number of aromatic hydroxyl groups is 1. The maximum atomic E-state index is 9.30. The summed E-state index contributed by atoms with van der Waals surface area (Å²) in [5.74, 6) is 0.304. The molecule has 84 valence electrons. The Morgan fingerprint density at radius 2 is 2.25 bits per heavy atom. The van der Waals surface area contributed by atoms with E-state index in [1.807, 2.05) is 12.1 Å². The summed E-state index contributed by atoms with van der Waals surface area (Å²) in [5, 5.41) is 12.6. The lowest BCUT2D eigenvalue weighted by molar-refractivity contribution is 0.474. The van der Waals surface area contributed by atoms with E-state index in [1.54, 1.807) is 18.3 Å². The summed E-state index contributed by atoms with van der Waals surface area (Å²) in [7, 11) is 0. The minimum atomic E-state index is 0.304. The van der Waals surface area contributed by atoms with Crippen LogP contribution in [0, 0.1) is 0 Å². The van der Waals surface area contributed by atoms with Crippen LogP contribution in [0.15, 0.2) is 34.9 Å². The first-order chi connectivity index (χ1) is 7.75. The molecule has 2 aromatic rings. The molecular weight excluding hydrogens is 288 g/mol. The van der Waals surface area contributed by atoms with Gasteiger partial charge in [0.25, 0.3) is 0 Å². The fourth-order valence-corrected chi connectivity index (χ4v) is 2.54. The van der Waals surface area contributed by atoms with Crippen molar-refractivity contribution in [3.63, 3.8) is 0 Å². The molecule has 2 rings (SSSR count). The Bertz CT molecular complexity index is 473. The second kappa shape index (κ2) is 5.43. The quantitative estimate of drug-likeness (QED) is 0.912. The highest BCUT2D eigenvalue weighted by atomic mass is 79.9. The molecule has 2 N–H and O–H groups in total. The van der Waals surface area contributed by atoms with E-state index in [4.69, 9.17) is 0 Å². The summed E-state index contributed by atoms with van der Waals surface area (Å²) in [6, 6.07) is 7.25. The van der Waals surface area contributed by atoms with Gasteiger partial charge in [-0.1, -0.05) is 12.1 Å². The summed E-state index contributed by atoms with van der Waals surface area (Å²) in [4.78, 5) is 1.18. The Morgan fingerprint density at radius 1 is 1.38 bits per heavy atom. The molecular formula is C11H11BrN2OS. The van der Waals surface area contributed by atoms with Crippen molar-refractivity contribution in [3.05, 3.63) is 45.4 Å². The Balaban J connectivity index is 1.87. The van der Waals surface area contributed by atoms with Crippen LogP contribution < -0.4 is 5.32 Å². The van der Waals surface area contributed by atoms with Crippen LogP contribution in [-0.4, -0.2) is 9.48 Å². The molecule has 0 aliphatic heterocycles. The summed E-state index contributed by atoms with van der Waals surface area (Å²) in [6.07, 6.45) is 1.80. The second-order valence-electron chi connectivity index (χ2n) is 3.37. The largest absolute Gasteiger partial charge is 0.508 e. The molecule has 1 aromatic heterocycles. The summed E-state index contributed by atoms with van der Waals surface area (Å²) >= 11 is 4.91. The maximum Gasteiger partial charge on any atom is 0.115 e. The first kappa shape index (κ1) is 11.6. The van der Waals surface area contributed by atoms with Crippen LogP contribution in [0.4, 0.5) is 0 Å². The number of benzene rings is 1. The highest BCUT2D eigenvalue weighted by Gasteiger charge is 2.01. The van der Waals surface area contributed by atoms with Gasteiger partial charge in [-0.2, -0.15) is 4.37 Å². The van der Waals surface area contributed by atoms with E-state index >= 15 is 0 Å². The van der Waals surface area contributed by atoms with Gasteiger partial charge in [0.05, 0.1) is 15.5 Å². The van der Waals surface area contributed by atoms with Gasteiger partial charge in [0.1, 0.15) is 5.75 Å². The van der Waals surface area contributed by atoms with Crippen LogP contribution in [0.1, 0.15) is 10.4 Å². The second-order valence-corrected chi connectivity index (χ2v) is 5.11. The van der Waals surface area contributed by atoms with Gasteiger partial charge in [-0.05, 0) is 45.2 Å². The van der Waals surface area contributed by atoms with Crippen molar-refractivity contribution >= 4 is 27.5 Å². The van der Waals surface area contributed by atoms with Gasteiger partial charge in [0, 0.05) is 13.1 Å². The third-order valence-corrected chi connectivity index (χ3v) is 3.86. The molecule has 0 amide bonds. The average molecular weight is 299 g/mol. The first-order valence-corrected chi connectivity index (χ1v) is 6.40. The molecule has 1 aromatic carbocycles. The molecule has 0 aliphatic rings. The smallest absolute Gasteiger partial charge is 0.115 e. The highest BCUT2D eigenvalue weighted by Crippen LogP contribution is 2.19. The first-order valence-electron chi connectivity index (χ1n) is 4.83. The average Bonchev–Trinajstić information content (AvgIpc) is 2.65. The minimum absolute atomic E-state index is 0.304. The van der Waals surface area contributed by atoms with Gasteiger partial charge in [-0.25, -0.2) is 0 Å². The third-order valence-electron chi connectivity index (χ3n) is 2.12. The molecule has 1 heterocycles. The lowest BCUT2D eigenvalue weighted by atomic mass is 10.2. The van der Waals surface area contributed by atoms with Gasteiger partial charge in [0.15, 0.2) is 0 Å². The Labute approximate surface area is 106 Å². The number of aromatic nitrogens is 1. The number of phenols is 1. The van der Waals surface area contributed by atoms with Gasteiger partial charge < -0.3 is 10.4 Å². The topological polar surface area (TPSA) is 45.1 Å². The van der Waals surface area contributed by atoms with Gasteiger partial charge >= 0.3 is 0 Å². The molecule has 0 spiro atoms. The van der Waals surface area contributed by atoms with Crippen LogP contribution >= 0.6 is 27.5 Å². The zero-order chi connectivity index (χ0) is 11.4. The number of nitrogens with zero attached hydrogens (tertiary/aromatic N) is 1. The van der Waals surface area contributed by atoms with Crippen LogP contribution in [0.2, 0.25) is 0 Å². The Hall–Kier alpha value is -0.910. The van der Waals surface area contributed by atoms with E-state index in [0.717, 1.165) is 23.1 Å². The summed E-state index contributed by atoms with van der Waals surface area (Å²) < 4.78 is 5.12. The van der Waals surface area contributed by atoms with Crippen molar-refractivity contribution in [3.8, 4) is 5.75 Å². The molecule has 3 nitrogen and oxygen atoms in total. The van der Waals surface area contributed by atoms with Gasteiger partial charge in [-0.15, -0.1) is 0 Å². The fraction of sp³-hybridized carbons (Fsp3) is 0.182. The third kappa shape index (κ3) is 3.04. The molecule has 0 aliphatic carbocycles. The molecule has 0 bridgehead atoms. The van der Waals surface area contributed by atoms with E-state index in [1.165, 1.54) is 16.4 Å². The summed E-state index contributed by atoms with van der Waals surface area (Å²) in [6.45, 7) is 1.51. The van der Waals surface area contributed by atoms with E-state index in [9.17, 15) is 5.11 Å². The highest BCUT2D eigenvalue weighted by molar-refractivity contribution is 9.10. The van der Waals surface area contributed by atoms with E-state index in [0.29, 0.717) is 5.75 Å². The molecule has 0 unspecified atom stereocenters. The number of rotatable bonds is 4. The SMILES string of the molecule is Oc1cccc(CNCc2sncc2Br)c1. The number of hydrogen-bond acceptors (Lipinski definition) is 4. The van der Waals surface area contributed by atoms with E-state index in [-0.39, 0.29) is 0 Å². The van der Waals surface area contributed by atoms with Crippen molar-refractivity contribution in [2.75, 3.05) is 0 Å². The molecule has 0 saturated heterocycles. The number of phenolic OH excluding ortho intramolecular Hbond substituents is 1. The maximum absolute atomic E-state index is 9.30. The number of halogens is 1. The molecule has 0 saturated carbocycles. The Kier molecular flexibility index (Phi) is 3.93. The Morgan fingerprint density at radius 3 is 2.94 bits per heavy atom. The van der Waals surface area contributed by atoms with Crippen LogP contribution in [0.5, 0.6) is 5.75 Å². The molecule has 0 radical (unpaired) electrons. The normalized spacial score (nSPS) is 10.6. The number of hydrogen-bond donors (Lipinski definition) is 2. The van der Waals surface area contributed by atoms with Crippen molar-refractivity contribution in [1.29, 1.82) is 0 Å². The summed E-state index contributed by atoms with van der Waals surface area (Å²) in [5.41, 5.74) is 1.07. The minimum Gasteiger partial charge on any atom is -0.508 e. The van der Waals surface area contributed by atoms with Crippen molar-refractivity contribution in [1.82, 2.24) is 9.69 Å². The van der Waals surface area contributed by atoms with Crippen molar-refractivity contribution in [2.45, 2.75) is 13.1 Å². The molecule has 0 atom stereocenters. The van der Waals surface area contributed by atoms with Crippen LogP contribution in [0.25, 0.3) is 0 Å². The predicted octanol–water partition coefficient (Wildman–Crippen LogP) is 2.90. The number of nitrogens with one attached hydrogen (secondary N) is 1. The lowest BCUT2D eigenvalue weighted by Gasteiger charge is -2.04. The van der Waals surface area contributed by atoms with Gasteiger partial charge in [-0.3, -0.25) is 0 Å². The standard InChI is InChI=1S/C11H11BrN2OS/c12-10-6-14-16-11(10)7-13-5-8-2-1-3-9(15)4-8/h1-4,6,13,15H,5,7H2. The molecule has 5 heteroatoms. The van der Waals surface area contributed by atoms with Crippen molar-refractivity contribution in [2.24, 2.45) is 0 Å². The molecule has 16 heavy (non-hydrogen) atoms. The van der Waals surface area contributed by atoms with Gasteiger partial charge in [0.2, 0.25) is 0 Å². The molecule has 0 fully saturated rings. The van der Waals surface area contributed by atoms with E-state index in [2.05, 4.69) is 25.6 Å². The monoisotopic (exact) mass is 298 g/mol. The lowest BCUT2D eigenvalue weighted by Crippen LogP contribution is -2.11.